The molecule has 0 aliphatic heterocycles. The molecule has 0 saturated carbocycles. The molecule has 4 N–H and O–H groups in total. The van der Waals surface area contributed by atoms with E-state index in [0.717, 1.165) is 0 Å². The van der Waals surface area contributed by atoms with Crippen LogP contribution < -0.4 is 10.6 Å². The number of ether oxygens (including phenoxy) is 1. The Balaban J connectivity index is 4.32. The zero-order valence-corrected chi connectivity index (χ0v) is 11.0. The smallest absolute Gasteiger partial charge is 0.326 e. The summed E-state index contributed by atoms with van der Waals surface area (Å²) in [7, 11) is 1.53. The fourth-order valence-electron chi connectivity index (χ4n) is 1.34. The number of aliphatic hydroxyl groups is 1. The highest BCUT2D eigenvalue weighted by Crippen LogP contribution is 2.02. The lowest BCUT2D eigenvalue weighted by molar-refractivity contribution is -0.139. The molecule has 2 atom stereocenters. The number of carbonyl (C=O) groups excluding carboxylic acids is 1. The number of rotatable bonds is 8. The Kier molecular flexibility index (Phi) is 8.06. The minimum absolute atomic E-state index is 0.0284. The number of amides is 2. The van der Waals surface area contributed by atoms with E-state index in [1.54, 1.807) is 0 Å². The Labute approximate surface area is 107 Å². The molecule has 1 unspecified atom stereocenters. The monoisotopic (exact) mass is 262 g/mol. The molecule has 0 aliphatic carbocycles. The molecule has 0 aromatic carbocycles. The topological polar surface area (TPSA) is 108 Å². The van der Waals surface area contributed by atoms with Gasteiger partial charge in [-0.05, 0) is 5.92 Å². The first-order valence-electron chi connectivity index (χ1n) is 5.82. The minimum Gasteiger partial charge on any atom is -0.480 e. The highest BCUT2D eigenvalue weighted by molar-refractivity contribution is 5.82. The van der Waals surface area contributed by atoms with Crippen molar-refractivity contribution >= 4 is 12.0 Å². The van der Waals surface area contributed by atoms with Crippen LogP contribution >= 0.6 is 0 Å². The van der Waals surface area contributed by atoms with Gasteiger partial charge in [-0.25, -0.2) is 9.59 Å². The van der Waals surface area contributed by atoms with Crippen LogP contribution in [0.25, 0.3) is 0 Å². The Morgan fingerprint density at radius 1 is 1.28 bits per heavy atom. The van der Waals surface area contributed by atoms with E-state index in [9.17, 15) is 9.59 Å². The number of urea groups is 1. The van der Waals surface area contributed by atoms with Crippen LogP contribution in [0.2, 0.25) is 0 Å². The van der Waals surface area contributed by atoms with E-state index in [1.165, 1.54) is 7.11 Å². The average Bonchev–Trinajstić information content (AvgIpc) is 2.27. The van der Waals surface area contributed by atoms with Crippen molar-refractivity contribution in [3.63, 3.8) is 0 Å². The lowest BCUT2D eigenvalue weighted by atomic mass is 10.1. The van der Waals surface area contributed by atoms with E-state index in [2.05, 4.69) is 10.6 Å². The number of methoxy groups -OCH3 is 1. The van der Waals surface area contributed by atoms with E-state index >= 15 is 0 Å². The number of nitrogens with one attached hydrogen (secondary N) is 2. The Bertz CT molecular complexity index is 270. The predicted octanol–water partition coefficient (Wildman–Crippen LogP) is -0.208. The molecule has 0 rings (SSSR count). The minimum atomic E-state index is -1.17. The molecule has 0 spiro atoms. The van der Waals surface area contributed by atoms with E-state index in [0.29, 0.717) is 6.61 Å². The second-order valence-corrected chi connectivity index (χ2v) is 4.33. The molecule has 0 aliphatic rings. The molecule has 18 heavy (non-hydrogen) atoms. The third-order valence-corrected chi connectivity index (χ3v) is 2.49. The van der Waals surface area contributed by atoms with E-state index in [4.69, 9.17) is 14.9 Å². The summed E-state index contributed by atoms with van der Waals surface area (Å²) in [5.74, 6) is -1.01. The number of carbonyl (C=O) groups is 2. The number of carboxylic acid groups (broad SMARTS) is 1. The lowest BCUT2D eigenvalue weighted by Crippen LogP contribution is -2.51. The summed E-state index contributed by atoms with van der Waals surface area (Å²) in [6.07, 6.45) is -0.0284. The van der Waals surface area contributed by atoms with Gasteiger partial charge in [0.2, 0.25) is 0 Å². The third-order valence-electron chi connectivity index (χ3n) is 2.49. The number of carboxylic acids is 1. The highest BCUT2D eigenvalue weighted by atomic mass is 16.5. The second-order valence-electron chi connectivity index (χ2n) is 4.33. The van der Waals surface area contributed by atoms with Crippen LogP contribution in [-0.4, -0.2) is 54.6 Å². The van der Waals surface area contributed by atoms with E-state index in [1.807, 2.05) is 13.8 Å². The van der Waals surface area contributed by atoms with Crippen molar-refractivity contribution in [1.29, 1.82) is 0 Å². The second kappa shape index (κ2) is 8.71. The van der Waals surface area contributed by atoms with Gasteiger partial charge in [0, 0.05) is 20.1 Å². The standard InChI is InChI=1S/C11H22N2O5/c1-7(2)9(6-18-3)13-11(17)12-8(4-5-14)10(15)16/h7-9,14H,4-6H2,1-3H3,(H,15,16)(H2,12,13,17)/t8-,9?/m0/s1. The number of hydrogen-bond donors (Lipinski definition) is 4. The van der Waals surface area contributed by atoms with Crippen molar-refractivity contribution in [2.24, 2.45) is 5.92 Å². The van der Waals surface area contributed by atoms with Crippen LogP contribution in [0.4, 0.5) is 4.79 Å². The summed E-state index contributed by atoms with van der Waals surface area (Å²) in [5.41, 5.74) is 0. The van der Waals surface area contributed by atoms with Crippen LogP contribution in [0.1, 0.15) is 20.3 Å². The molecule has 7 heteroatoms. The van der Waals surface area contributed by atoms with E-state index in [-0.39, 0.29) is 25.0 Å². The van der Waals surface area contributed by atoms with Crippen LogP contribution in [0.5, 0.6) is 0 Å². The van der Waals surface area contributed by atoms with Crippen LogP contribution in [-0.2, 0) is 9.53 Å². The maximum atomic E-state index is 11.6. The Morgan fingerprint density at radius 2 is 1.89 bits per heavy atom. The molecule has 7 nitrogen and oxygen atoms in total. The van der Waals surface area contributed by atoms with Gasteiger partial charge in [0.25, 0.3) is 0 Å². The van der Waals surface area contributed by atoms with Crippen molar-refractivity contribution in [2.75, 3.05) is 20.3 Å². The maximum absolute atomic E-state index is 11.6. The van der Waals surface area contributed by atoms with Crippen molar-refractivity contribution < 1.29 is 24.5 Å². The normalized spacial score (nSPS) is 14.1. The lowest BCUT2D eigenvalue weighted by Gasteiger charge is -2.23. The van der Waals surface area contributed by atoms with Crippen LogP contribution in [0, 0.1) is 5.92 Å². The number of aliphatic hydroxyl groups excluding tert-OH is 1. The van der Waals surface area contributed by atoms with E-state index < -0.39 is 18.0 Å². The summed E-state index contributed by atoms with van der Waals surface area (Å²) in [4.78, 5) is 22.4. The Morgan fingerprint density at radius 3 is 2.28 bits per heavy atom. The molecular formula is C11H22N2O5. The molecule has 0 fully saturated rings. The quantitative estimate of drug-likeness (QED) is 0.484. The highest BCUT2D eigenvalue weighted by Gasteiger charge is 2.21. The first-order chi connectivity index (χ1) is 8.42. The molecule has 0 saturated heterocycles. The van der Waals surface area contributed by atoms with Crippen molar-refractivity contribution in [2.45, 2.75) is 32.4 Å². The molecule has 0 aromatic rings. The fourth-order valence-corrected chi connectivity index (χ4v) is 1.34. The predicted molar refractivity (Wildman–Crippen MR) is 65.3 cm³/mol. The SMILES string of the molecule is COCC(NC(=O)N[C@@H](CCO)C(=O)O)C(C)C. The molecule has 0 bridgehead atoms. The van der Waals surface area contributed by atoms with Crippen LogP contribution in [0.3, 0.4) is 0 Å². The summed E-state index contributed by atoms with van der Waals surface area (Å²) in [6.45, 7) is 3.89. The molecule has 2 amide bonds. The van der Waals surface area contributed by atoms with Gasteiger partial charge < -0.3 is 25.6 Å². The van der Waals surface area contributed by atoms with Gasteiger partial charge in [0.1, 0.15) is 6.04 Å². The summed E-state index contributed by atoms with van der Waals surface area (Å²) >= 11 is 0. The summed E-state index contributed by atoms with van der Waals surface area (Å²) in [6, 6.07) is -1.87. The van der Waals surface area contributed by atoms with Gasteiger partial charge in [0.15, 0.2) is 0 Å². The summed E-state index contributed by atoms with van der Waals surface area (Å²) < 4.78 is 4.97. The zero-order chi connectivity index (χ0) is 14.1. The molecule has 0 aromatic heterocycles. The van der Waals surface area contributed by atoms with Gasteiger partial charge in [-0.3, -0.25) is 0 Å². The Hall–Kier alpha value is -1.34. The molecule has 0 radical (unpaired) electrons. The van der Waals surface area contributed by atoms with Gasteiger partial charge in [-0.15, -0.1) is 0 Å². The zero-order valence-electron chi connectivity index (χ0n) is 11.0. The van der Waals surface area contributed by atoms with Gasteiger partial charge in [-0.2, -0.15) is 0 Å². The summed E-state index contributed by atoms with van der Waals surface area (Å²) in [5, 5.41) is 22.5. The average molecular weight is 262 g/mol. The first kappa shape index (κ1) is 16.7. The molecule has 106 valence electrons. The number of aliphatic carboxylic acids is 1. The first-order valence-corrected chi connectivity index (χ1v) is 5.82. The van der Waals surface area contributed by atoms with Crippen molar-refractivity contribution in [3.8, 4) is 0 Å². The largest absolute Gasteiger partial charge is 0.480 e. The molecular weight excluding hydrogens is 240 g/mol. The van der Waals surface area contributed by atoms with Gasteiger partial charge in [0.05, 0.1) is 12.6 Å². The van der Waals surface area contributed by atoms with Gasteiger partial charge >= 0.3 is 12.0 Å². The molecule has 0 heterocycles. The maximum Gasteiger partial charge on any atom is 0.326 e. The fraction of sp³-hybridized carbons (Fsp3) is 0.818. The van der Waals surface area contributed by atoms with Crippen molar-refractivity contribution in [3.05, 3.63) is 0 Å². The van der Waals surface area contributed by atoms with Gasteiger partial charge in [-0.1, -0.05) is 13.8 Å². The number of hydrogen-bond acceptors (Lipinski definition) is 4. The van der Waals surface area contributed by atoms with Crippen molar-refractivity contribution in [1.82, 2.24) is 10.6 Å². The third kappa shape index (κ3) is 6.41. The van der Waals surface area contributed by atoms with Crippen LogP contribution in [0.15, 0.2) is 0 Å².